The number of hydrogen-bond donors (Lipinski definition) is 0. The van der Waals surface area contributed by atoms with Crippen LogP contribution in [0, 0.1) is 27.7 Å². The first kappa shape index (κ1) is 61.9. The molecule has 0 spiro atoms. The van der Waals surface area contributed by atoms with Crippen LogP contribution in [0.15, 0.2) is 24.3 Å². The molecule has 7 heteroatoms. The molecule has 0 fully saturated rings. The molecule has 0 N–H and O–H groups in total. The highest BCUT2D eigenvalue weighted by atomic mass is 31.2. The highest BCUT2D eigenvalue weighted by Gasteiger charge is 2.23. The van der Waals surface area contributed by atoms with Crippen LogP contribution in [0.3, 0.4) is 0 Å². The molecule has 0 saturated carbocycles. The summed E-state index contributed by atoms with van der Waals surface area (Å²) in [5, 5.41) is 0. The zero-order chi connectivity index (χ0) is 48.6. The summed E-state index contributed by atoms with van der Waals surface area (Å²) in [5.74, 6) is 2.14. The Bertz CT molecular complexity index is 1420. The van der Waals surface area contributed by atoms with E-state index in [9.17, 15) is 0 Å². The van der Waals surface area contributed by atoms with Crippen molar-refractivity contribution in [1.29, 1.82) is 0 Å². The van der Waals surface area contributed by atoms with E-state index in [0.717, 1.165) is 55.8 Å². The van der Waals surface area contributed by atoms with Crippen LogP contribution in [0.5, 0.6) is 11.5 Å². The van der Waals surface area contributed by atoms with Crippen molar-refractivity contribution in [3.05, 3.63) is 57.6 Å². The minimum atomic E-state index is -1.47. The Balaban J connectivity index is 1.97. The van der Waals surface area contributed by atoms with Crippen LogP contribution >= 0.6 is 17.0 Å². The maximum absolute atomic E-state index is 6.69. The highest BCUT2D eigenvalue weighted by Crippen LogP contribution is 2.45. The third kappa shape index (κ3) is 30.3. The topological polar surface area (TPSA) is 46.2 Å². The molecule has 2 atom stereocenters. The molecule has 388 valence electrons. The van der Waals surface area contributed by atoms with Crippen LogP contribution in [0.25, 0.3) is 0 Å². The van der Waals surface area contributed by atoms with Crippen LogP contribution in [0.4, 0.5) is 0 Å². The summed E-state index contributed by atoms with van der Waals surface area (Å²) in [7, 11) is -2.45. The lowest BCUT2D eigenvalue weighted by Gasteiger charge is -2.25. The van der Waals surface area contributed by atoms with Crippen molar-refractivity contribution < 1.29 is 22.6 Å². The Kier molecular flexibility index (Phi) is 39.2. The zero-order valence-electron chi connectivity index (χ0n) is 45.7. The van der Waals surface area contributed by atoms with Crippen molar-refractivity contribution >= 4 is 17.0 Å². The predicted octanol–water partition coefficient (Wildman–Crippen LogP) is 21.8. The zero-order valence-corrected chi connectivity index (χ0v) is 47.5. The van der Waals surface area contributed by atoms with Gasteiger partial charge in [-0.3, -0.25) is 0 Å². The number of benzene rings is 2. The minimum absolute atomic E-state index is 0.294. The average Bonchev–Trinajstić information content (AvgIpc) is 3.31. The molecule has 0 aliphatic heterocycles. The molecule has 0 amide bonds. The van der Waals surface area contributed by atoms with Gasteiger partial charge < -0.3 is 22.6 Å². The van der Waals surface area contributed by atoms with Gasteiger partial charge in [-0.1, -0.05) is 239 Å². The molecule has 0 aliphatic carbocycles. The summed E-state index contributed by atoms with van der Waals surface area (Å²) in [6, 6.07) is 9.25. The van der Waals surface area contributed by atoms with Crippen LogP contribution in [0.1, 0.15) is 292 Å². The summed E-state index contributed by atoms with van der Waals surface area (Å²) >= 11 is 0. The maximum Gasteiger partial charge on any atom is 0.397 e. The van der Waals surface area contributed by atoms with Crippen molar-refractivity contribution in [2.45, 2.75) is 286 Å². The SMILES string of the molecule is CCCCCCCCCCCCCOP(C)Oc1cc(C)c(C(CCC)c2cc(C)c(OP(OCCCCCCCCCCCCC)OCCCCCCCCCCCCC)cc2C)cc1C. The Morgan fingerprint density at radius 3 is 0.970 bits per heavy atom. The molecular formula is C60H108O5P2. The first-order chi connectivity index (χ1) is 32.7. The van der Waals surface area contributed by atoms with Crippen molar-refractivity contribution in [1.82, 2.24) is 0 Å². The lowest BCUT2D eigenvalue weighted by Crippen LogP contribution is -2.08. The Labute approximate surface area is 419 Å². The third-order valence-corrected chi connectivity index (χ3v) is 15.9. The molecule has 0 radical (unpaired) electrons. The lowest BCUT2D eigenvalue weighted by atomic mass is 9.82. The number of hydrogen-bond acceptors (Lipinski definition) is 5. The van der Waals surface area contributed by atoms with Gasteiger partial charge in [0.1, 0.15) is 11.5 Å². The summed E-state index contributed by atoms with van der Waals surface area (Å²) in [4.78, 5) is 0. The van der Waals surface area contributed by atoms with Crippen LogP contribution < -0.4 is 9.05 Å². The molecule has 2 rings (SSSR count). The monoisotopic (exact) mass is 971 g/mol. The molecule has 0 bridgehead atoms. The molecule has 2 aromatic rings. The van der Waals surface area contributed by atoms with Crippen molar-refractivity contribution in [3.63, 3.8) is 0 Å². The Morgan fingerprint density at radius 2 is 0.642 bits per heavy atom. The van der Waals surface area contributed by atoms with Crippen molar-refractivity contribution in [3.8, 4) is 11.5 Å². The van der Waals surface area contributed by atoms with Crippen LogP contribution in [0.2, 0.25) is 0 Å². The lowest BCUT2D eigenvalue weighted by molar-refractivity contribution is 0.198. The molecule has 0 aliphatic rings. The largest absolute Gasteiger partial charge is 0.447 e. The van der Waals surface area contributed by atoms with Gasteiger partial charge in [0.05, 0.1) is 19.8 Å². The second kappa shape index (κ2) is 42.5. The molecule has 0 aromatic heterocycles. The van der Waals surface area contributed by atoms with E-state index in [2.05, 4.69) is 86.3 Å². The fourth-order valence-corrected chi connectivity index (χ4v) is 11.5. The first-order valence-electron chi connectivity index (χ1n) is 28.8. The quantitative estimate of drug-likeness (QED) is 0.0489. The Morgan fingerprint density at radius 1 is 0.343 bits per heavy atom. The highest BCUT2D eigenvalue weighted by molar-refractivity contribution is 7.46. The van der Waals surface area contributed by atoms with Gasteiger partial charge in [0, 0.05) is 12.6 Å². The fraction of sp³-hybridized carbons (Fsp3) is 0.800. The van der Waals surface area contributed by atoms with E-state index in [-0.39, 0.29) is 0 Å². The second-order valence-electron chi connectivity index (χ2n) is 20.2. The van der Waals surface area contributed by atoms with E-state index in [4.69, 9.17) is 22.6 Å². The standard InChI is InChI=1S/C60H108O5P2/c1-10-14-17-20-23-26-29-32-35-38-41-45-61-66(9)64-59-50-52(5)57(48-54(59)7)56(44-13-4)58-49-55(8)60(51-53(58)6)65-67(62-46-42-39-36-33-30-27-24-21-18-15-11-2)63-47-43-40-37-34-31-28-25-22-19-16-12-3/h48-51,56H,10-47H2,1-9H3. The van der Waals surface area contributed by atoms with Gasteiger partial charge >= 0.3 is 8.60 Å². The second-order valence-corrected chi connectivity index (χ2v) is 22.7. The van der Waals surface area contributed by atoms with Gasteiger partial charge in [-0.05, 0) is 98.9 Å². The predicted molar refractivity (Wildman–Crippen MR) is 297 cm³/mol. The van der Waals surface area contributed by atoms with Gasteiger partial charge in [0.2, 0.25) is 8.38 Å². The fourth-order valence-electron chi connectivity index (χ4n) is 9.44. The number of aryl methyl sites for hydroxylation is 4. The smallest absolute Gasteiger partial charge is 0.397 e. The Hall–Kier alpha value is -1.22. The van der Waals surface area contributed by atoms with E-state index in [1.54, 1.807) is 0 Å². The van der Waals surface area contributed by atoms with E-state index in [0.29, 0.717) is 19.1 Å². The summed E-state index contributed by atoms with van der Waals surface area (Å²) in [6.07, 6.45) is 46.1. The van der Waals surface area contributed by atoms with Gasteiger partial charge in [-0.2, -0.15) is 0 Å². The summed E-state index contributed by atoms with van der Waals surface area (Å²) < 4.78 is 32.3. The molecule has 2 unspecified atom stereocenters. The summed E-state index contributed by atoms with van der Waals surface area (Å²) in [6.45, 7) is 22.3. The molecular weight excluding hydrogens is 863 g/mol. The third-order valence-electron chi connectivity index (χ3n) is 13.8. The molecule has 0 heterocycles. The first-order valence-corrected chi connectivity index (χ1v) is 31.5. The van der Waals surface area contributed by atoms with Gasteiger partial charge in [0.25, 0.3) is 0 Å². The number of rotatable bonds is 47. The molecule has 67 heavy (non-hydrogen) atoms. The van der Waals surface area contributed by atoms with Crippen molar-refractivity contribution in [2.75, 3.05) is 26.5 Å². The van der Waals surface area contributed by atoms with Gasteiger partial charge in [0.15, 0.2) is 0 Å². The normalized spacial score (nSPS) is 12.6. The van der Waals surface area contributed by atoms with Crippen LogP contribution in [-0.4, -0.2) is 26.5 Å². The van der Waals surface area contributed by atoms with Crippen molar-refractivity contribution in [2.24, 2.45) is 0 Å². The van der Waals surface area contributed by atoms with E-state index in [1.165, 1.54) is 220 Å². The van der Waals surface area contributed by atoms with E-state index >= 15 is 0 Å². The van der Waals surface area contributed by atoms with E-state index < -0.39 is 17.0 Å². The van der Waals surface area contributed by atoms with Gasteiger partial charge in [-0.15, -0.1) is 0 Å². The minimum Gasteiger partial charge on any atom is -0.447 e. The molecule has 5 nitrogen and oxygen atoms in total. The van der Waals surface area contributed by atoms with Gasteiger partial charge in [-0.25, -0.2) is 0 Å². The molecule has 0 saturated heterocycles. The van der Waals surface area contributed by atoms with E-state index in [1.807, 2.05) is 0 Å². The summed E-state index contributed by atoms with van der Waals surface area (Å²) in [5.41, 5.74) is 7.63. The number of unbranched alkanes of at least 4 members (excludes halogenated alkanes) is 30. The molecule has 2 aromatic carbocycles. The average molecular weight is 971 g/mol. The van der Waals surface area contributed by atoms with Crippen LogP contribution in [-0.2, 0) is 13.6 Å². The maximum atomic E-state index is 6.69.